The predicted octanol–water partition coefficient (Wildman–Crippen LogP) is 4.29. The number of carboxylic acid groups (broad SMARTS) is 1. The number of nitrogens with zero attached hydrogens (tertiary/aromatic N) is 1. The lowest BCUT2D eigenvalue weighted by molar-refractivity contribution is -0.130. The molecule has 4 heteroatoms. The van der Waals surface area contributed by atoms with Crippen LogP contribution in [-0.2, 0) is 4.79 Å². The van der Waals surface area contributed by atoms with Crippen molar-refractivity contribution >= 4 is 22.9 Å². The van der Waals surface area contributed by atoms with Gasteiger partial charge in [0.1, 0.15) is 0 Å². The van der Waals surface area contributed by atoms with Gasteiger partial charge < -0.3 is 10.0 Å². The summed E-state index contributed by atoms with van der Waals surface area (Å²) in [7, 11) is 2.08. The van der Waals surface area contributed by atoms with Crippen molar-refractivity contribution in [1.29, 1.82) is 0 Å². The number of piperidine rings is 1. The highest BCUT2D eigenvalue weighted by Crippen LogP contribution is 2.34. The highest BCUT2D eigenvalue weighted by Gasteiger charge is 2.22. The Kier molecular flexibility index (Phi) is 4.64. The van der Waals surface area contributed by atoms with Gasteiger partial charge in [0.05, 0.1) is 5.57 Å². The van der Waals surface area contributed by atoms with Crippen LogP contribution in [0.2, 0.25) is 0 Å². The topological polar surface area (TPSA) is 40.5 Å². The van der Waals surface area contributed by atoms with Gasteiger partial charge in [0, 0.05) is 13.1 Å². The number of aliphatic carboxylic acids is 1. The third-order valence-corrected chi connectivity index (χ3v) is 5.28. The molecule has 1 fully saturated rings. The van der Waals surface area contributed by atoms with Crippen LogP contribution in [0.25, 0.3) is 16.7 Å². The monoisotopic (exact) mass is 327 g/mol. The molecule has 0 unspecified atom stereocenters. The second kappa shape index (κ2) is 6.69. The Hall–Kier alpha value is -1.91. The van der Waals surface area contributed by atoms with Gasteiger partial charge in [0.25, 0.3) is 0 Å². The van der Waals surface area contributed by atoms with Crippen molar-refractivity contribution in [3.05, 3.63) is 51.7 Å². The summed E-state index contributed by atoms with van der Waals surface area (Å²) in [6, 6.07) is 8.06. The zero-order valence-corrected chi connectivity index (χ0v) is 14.3. The number of likely N-dealkylation sites (tertiary alicyclic amines) is 1. The minimum absolute atomic E-state index is 0.507. The summed E-state index contributed by atoms with van der Waals surface area (Å²) in [6.45, 7) is 3.88. The summed E-state index contributed by atoms with van der Waals surface area (Å²) in [6.07, 6.45) is 1.67. The van der Waals surface area contributed by atoms with Crippen LogP contribution in [0.3, 0.4) is 0 Å². The number of thiophene rings is 1. The van der Waals surface area contributed by atoms with Crippen molar-refractivity contribution in [2.45, 2.75) is 19.8 Å². The maximum Gasteiger partial charge on any atom is 0.336 e. The molecule has 2 aromatic rings. The van der Waals surface area contributed by atoms with E-state index >= 15 is 0 Å². The van der Waals surface area contributed by atoms with Crippen molar-refractivity contribution in [2.24, 2.45) is 0 Å². The zero-order chi connectivity index (χ0) is 16.4. The molecular formula is C19H21NO2S. The highest BCUT2D eigenvalue weighted by molar-refractivity contribution is 7.08. The van der Waals surface area contributed by atoms with E-state index in [1.165, 1.54) is 0 Å². The Morgan fingerprint density at radius 3 is 2.57 bits per heavy atom. The van der Waals surface area contributed by atoms with Crippen molar-refractivity contribution in [2.75, 3.05) is 20.1 Å². The van der Waals surface area contributed by atoms with E-state index in [4.69, 9.17) is 0 Å². The smallest absolute Gasteiger partial charge is 0.336 e. The average Bonchev–Trinajstić information content (AvgIpc) is 3.05. The normalized spacial score (nSPS) is 15.7. The second-order valence-corrected chi connectivity index (χ2v) is 6.86. The first kappa shape index (κ1) is 16.0. The summed E-state index contributed by atoms with van der Waals surface area (Å²) in [5, 5.41) is 14.0. The van der Waals surface area contributed by atoms with Crippen LogP contribution in [0.5, 0.6) is 0 Å². The van der Waals surface area contributed by atoms with E-state index in [2.05, 4.69) is 34.8 Å². The molecule has 1 aliphatic rings. The van der Waals surface area contributed by atoms with Crippen molar-refractivity contribution < 1.29 is 9.90 Å². The molecule has 3 rings (SSSR count). The van der Waals surface area contributed by atoms with Gasteiger partial charge in [-0.25, -0.2) is 4.79 Å². The van der Waals surface area contributed by atoms with Crippen LogP contribution in [-0.4, -0.2) is 36.1 Å². The number of hydrogen-bond donors (Lipinski definition) is 1. The minimum Gasteiger partial charge on any atom is -0.478 e. The van der Waals surface area contributed by atoms with E-state index < -0.39 is 5.97 Å². The van der Waals surface area contributed by atoms with Gasteiger partial charge in [-0.1, -0.05) is 23.8 Å². The lowest BCUT2D eigenvalue weighted by Crippen LogP contribution is -2.27. The quantitative estimate of drug-likeness (QED) is 0.855. The van der Waals surface area contributed by atoms with Gasteiger partial charge in [-0.2, -0.15) is 11.3 Å². The van der Waals surface area contributed by atoms with Crippen LogP contribution < -0.4 is 0 Å². The van der Waals surface area contributed by atoms with Crippen LogP contribution in [0, 0.1) is 6.92 Å². The van der Waals surface area contributed by atoms with Gasteiger partial charge in [-0.15, -0.1) is 0 Å². The van der Waals surface area contributed by atoms with Crippen LogP contribution in [0.1, 0.15) is 24.0 Å². The third kappa shape index (κ3) is 3.23. The molecule has 1 aromatic carbocycles. The number of rotatable bonds is 3. The van der Waals surface area contributed by atoms with Crippen LogP contribution >= 0.6 is 11.3 Å². The lowest BCUT2D eigenvalue weighted by Gasteiger charge is -2.26. The second-order valence-electron chi connectivity index (χ2n) is 6.08. The summed E-state index contributed by atoms with van der Waals surface area (Å²) >= 11 is 1.66. The van der Waals surface area contributed by atoms with Gasteiger partial charge in [-0.3, -0.25) is 0 Å². The molecule has 2 heterocycles. The maximum absolute atomic E-state index is 12.0. The molecule has 1 saturated heterocycles. The summed E-state index contributed by atoms with van der Waals surface area (Å²) in [5.41, 5.74) is 5.77. The minimum atomic E-state index is -0.810. The lowest BCUT2D eigenvalue weighted by atomic mass is 9.88. The Balaban J connectivity index is 2.10. The number of carboxylic acids is 1. The molecule has 1 aliphatic heterocycles. The third-order valence-electron chi connectivity index (χ3n) is 4.59. The number of hydrogen-bond acceptors (Lipinski definition) is 3. The molecule has 120 valence electrons. The molecule has 0 saturated carbocycles. The summed E-state index contributed by atoms with van der Waals surface area (Å²) < 4.78 is 0. The fraction of sp³-hybridized carbons (Fsp3) is 0.316. The number of carbonyl (C=O) groups is 1. The standard InChI is InChI=1S/C19H21NO2S/c1-13-16(15-8-11-23-12-15)4-3-5-17(13)18(19(21)22)14-6-9-20(2)10-7-14/h3-5,8,11-12H,6-7,9-10H2,1-2H3,(H,21,22). The van der Waals surface area contributed by atoms with E-state index in [-0.39, 0.29) is 0 Å². The highest BCUT2D eigenvalue weighted by atomic mass is 32.1. The van der Waals surface area contributed by atoms with E-state index in [1.54, 1.807) is 11.3 Å². The van der Waals surface area contributed by atoms with E-state index in [0.29, 0.717) is 5.57 Å². The Bertz CT molecular complexity index is 737. The Labute approximate surface area is 140 Å². The van der Waals surface area contributed by atoms with Crippen LogP contribution in [0.4, 0.5) is 0 Å². The van der Waals surface area contributed by atoms with Gasteiger partial charge in [0.2, 0.25) is 0 Å². The molecule has 3 nitrogen and oxygen atoms in total. The predicted molar refractivity (Wildman–Crippen MR) is 95.8 cm³/mol. The molecule has 0 radical (unpaired) electrons. The SMILES string of the molecule is Cc1c(C(C(=O)O)=C2CCN(C)CC2)cccc1-c1ccsc1. The number of benzene rings is 1. The van der Waals surface area contributed by atoms with Gasteiger partial charge >= 0.3 is 5.97 Å². The molecule has 0 bridgehead atoms. The molecule has 23 heavy (non-hydrogen) atoms. The zero-order valence-electron chi connectivity index (χ0n) is 13.5. The van der Waals surface area contributed by atoms with E-state index in [1.807, 2.05) is 19.1 Å². The molecule has 1 aromatic heterocycles. The molecule has 0 spiro atoms. The fourth-order valence-corrected chi connectivity index (χ4v) is 3.89. The average molecular weight is 327 g/mol. The Morgan fingerprint density at radius 2 is 1.96 bits per heavy atom. The molecule has 0 amide bonds. The van der Waals surface area contributed by atoms with Crippen LogP contribution in [0.15, 0.2) is 40.6 Å². The fourth-order valence-electron chi connectivity index (χ4n) is 3.23. The first-order valence-electron chi connectivity index (χ1n) is 7.84. The largest absolute Gasteiger partial charge is 0.478 e. The maximum atomic E-state index is 12.0. The first-order chi connectivity index (χ1) is 11.1. The Morgan fingerprint density at radius 1 is 1.22 bits per heavy atom. The molecule has 0 atom stereocenters. The molecule has 1 N–H and O–H groups in total. The summed E-state index contributed by atoms with van der Waals surface area (Å²) in [5.74, 6) is -0.810. The van der Waals surface area contributed by atoms with Crippen molar-refractivity contribution in [3.8, 4) is 11.1 Å². The van der Waals surface area contributed by atoms with Gasteiger partial charge in [-0.05, 0) is 65.9 Å². The van der Waals surface area contributed by atoms with Crippen molar-refractivity contribution in [3.63, 3.8) is 0 Å². The van der Waals surface area contributed by atoms with E-state index in [9.17, 15) is 9.90 Å². The first-order valence-corrected chi connectivity index (χ1v) is 8.78. The van der Waals surface area contributed by atoms with Gasteiger partial charge in [0.15, 0.2) is 0 Å². The molecular weight excluding hydrogens is 306 g/mol. The summed E-state index contributed by atoms with van der Waals surface area (Å²) in [4.78, 5) is 14.2. The van der Waals surface area contributed by atoms with Crippen molar-refractivity contribution in [1.82, 2.24) is 4.90 Å². The molecule has 0 aliphatic carbocycles. The van der Waals surface area contributed by atoms with E-state index in [0.717, 1.165) is 53.8 Å².